The van der Waals surface area contributed by atoms with Crippen molar-refractivity contribution in [3.05, 3.63) is 35.6 Å². The first-order valence-corrected chi connectivity index (χ1v) is 6.64. The summed E-state index contributed by atoms with van der Waals surface area (Å²) in [7, 11) is 0. The lowest BCUT2D eigenvalue weighted by Gasteiger charge is -2.32. The number of halogens is 1. The Morgan fingerprint density at radius 3 is 2.61 bits per heavy atom. The van der Waals surface area contributed by atoms with Crippen molar-refractivity contribution < 1.29 is 4.39 Å². The van der Waals surface area contributed by atoms with Crippen molar-refractivity contribution in [2.75, 3.05) is 13.1 Å². The summed E-state index contributed by atoms with van der Waals surface area (Å²) < 4.78 is 13.4. The maximum absolute atomic E-state index is 13.4. The van der Waals surface area contributed by atoms with E-state index >= 15 is 0 Å². The second-order valence-electron chi connectivity index (χ2n) is 6.24. The fourth-order valence-electron chi connectivity index (χ4n) is 2.93. The summed E-state index contributed by atoms with van der Waals surface area (Å²) in [6.07, 6.45) is 1.17. The minimum atomic E-state index is -0.184. The molecule has 0 saturated carbocycles. The molecule has 2 unspecified atom stereocenters. The average molecular weight is 250 g/mol. The molecule has 1 heterocycles. The van der Waals surface area contributed by atoms with Gasteiger partial charge in [-0.15, -0.1) is 0 Å². The second-order valence-corrected chi connectivity index (χ2v) is 6.24. The first-order chi connectivity index (χ1) is 8.39. The largest absolute Gasteiger partial charge is 0.326 e. The number of likely N-dealkylation sites (tertiary alicyclic amines) is 1. The molecule has 1 aliphatic rings. The van der Waals surface area contributed by atoms with Crippen LogP contribution in [0.2, 0.25) is 0 Å². The fourth-order valence-corrected chi connectivity index (χ4v) is 2.93. The van der Waals surface area contributed by atoms with Crippen LogP contribution in [0.5, 0.6) is 0 Å². The van der Waals surface area contributed by atoms with Crippen LogP contribution in [0.15, 0.2) is 24.3 Å². The highest BCUT2D eigenvalue weighted by molar-refractivity contribution is 5.22. The molecule has 100 valence electrons. The van der Waals surface area contributed by atoms with Crippen molar-refractivity contribution in [2.24, 2.45) is 11.1 Å². The van der Waals surface area contributed by atoms with E-state index in [4.69, 9.17) is 5.73 Å². The standard InChI is InChI=1S/C15H23FN2/c1-11(17)14(12-5-4-6-13(16)9-12)18-8-7-15(2,3)10-18/h4-6,9,11,14H,7-8,10,17H2,1-3H3. The number of hydrogen-bond acceptors (Lipinski definition) is 2. The molecule has 2 atom stereocenters. The smallest absolute Gasteiger partial charge is 0.123 e. The monoisotopic (exact) mass is 250 g/mol. The van der Waals surface area contributed by atoms with Crippen molar-refractivity contribution in [1.82, 2.24) is 4.90 Å². The quantitative estimate of drug-likeness (QED) is 0.893. The fraction of sp³-hybridized carbons (Fsp3) is 0.600. The predicted molar refractivity (Wildman–Crippen MR) is 72.8 cm³/mol. The van der Waals surface area contributed by atoms with Crippen LogP contribution in [-0.2, 0) is 0 Å². The highest BCUT2D eigenvalue weighted by Gasteiger charge is 2.35. The van der Waals surface area contributed by atoms with Crippen LogP contribution in [0.4, 0.5) is 4.39 Å². The second kappa shape index (κ2) is 4.98. The molecule has 0 aromatic heterocycles. The third-order valence-corrected chi connectivity index (χ3v) is 3.79. The molecule has 0 radical (unpaired) electrons. The van der Waals surface area contributed by atoms with E-state index in [9.17, 15) is 4.39 Å². The Morgan fingerprint density at radius 2 is 2.11 bits per heavy atom. The number of rotatable bonds is 3. The summed E-state index contributed by atoms with van der Waals surface area (Å²) >= 11 is 0. The van der Waals surface area contributed by atoms with Crippen LogP contribution in [0, 0.1) is 11.2 Å². The molecule has 0 aliphatic carbocycles. The Hall–Kier alpha value is -0.930. The van der Waals surface area contributed by atoms with Gasteiger partial charge < -0.3 is 5.73 Å². The summed E-state index contributed by atoms with van der Waals surface area (Å²) in [6, 6.07) is 6.95. The summed E-state index contributed by atoms with van der Waals surface area (Å²) in [5.74, 6) is -0.184. The lowest BCUT2D eigenvalue weighted by Crippen LogP contribution is -2.39. The molecular formula is C15H23FN2. The van der Waals surface area contributed by atoms with Gasteiger partial charge in [-0.2, -0.15) is 0 Å². The van der Waals surface area contributed by atoms with Crippen LogP contribution in [0.25, 0.3) is 0 Å². The molecular weight excluding hydrogens is 227 g/mol. The first kappa shape index (κ1) is 13.5. The zero-order valence-electron chi connectivity index (χ0n) is 11.5. The first-order valence-electron chi connectivity index (χ1n) is 6.64. The van der Waals surface area contributed by atoms with E-state index in [-0.39, 0.29) is 17.9 Å². The van der Waals surface area contributed by atoms with Crippen molar-refractivity contribution in [3.8, 4) is 0 Å². The molecule has 2 N–H and O–H groups in total. The van der Waals surface area contributed by atoms with E-state index < -0.39 is 0 Å². The molecule has 1 aliphatic heterocycles. The number of nitrogens with two attached hydrogens (primary N) is 1. The zero-order chi connectivity index (χ0) is 13.3. The normalized spacial score (nSPS) is 22.9. The van der Waals surface area contributed by atoms with Gasteiger partial charge in [0.2, 0.25) is 0 Å². The van der Waals surface area contributed by atoms with Gasteiger partial charge in [-0.1, -0.05) is 26.0 Å². The topological polar surface area (TPSA) is 29.3 Å². The number of hydrogen-bond donors (Lipinski definition) is 1. The SMILES string of the molecule is CC(N)C(c1cccc(F)c1)N1CCC(C)(C)C1. The predicted octanol–water partition coefficient (Wildman–Crippen LogP) is 2.95. The van der Waals surface area contributed by atoms with Crippen LogP contribution in [0.1, 0.15) is 38.8 Å². The molecule has 1 fully saturated rings. The van der Waals surface area contributed by atoms with E-state index in [0.717, 1.165) is 18.7 Å². The Labute approximate surface area is 109 Å². The summed E-state index contributed by atoms with van der Waals surface area (Å²) in [6.45, 7) is 8.61. The van der Waals surface area contributed by atoms with Crippen molar-refractivity contribution in [1.29, 1.82) is 0 Å². The lowest BCUT2D eigenvalue weighted by atomic mass is 9.93. The minimum absolute atomic E-state index is 0.000648. The van der Waals surface area contributed by atoms with Crippen molar-refractivity contribution >= 4 is 0 Å². The molecule has 1 saturated heterocycles. The minimum Gasteiger partial charge on any atom is -0.326 e. The van der Waals surface area contributed by atoms with Crippen molar-refractivity contribution in [2.45, 2.75) is 39.3 Å². The van der Waals surface area contributed by atoms with Gasteiger partial charge >= 0.3 is 0 Å². The molecule has 0 bridgehead atoms. The van der Waals surface area contributed by atoms with E-state index in [1.165, 1.54) is 12.5 Å². The van der Waals surface area contributed by atoms with Gasteiger partial charge in [0.05, 0.1) is 0 Å². The third-order valence-electron chi connectivity index (χ3n) is 3.79. The Bertz CT molecular complexity index is 415. The molecule has 2 nitrogen and oxygen atoms in total. The Morgan fingerprint density at radius 1 is 1.39 bits per heavy atom. The van der Waals surface area contributed by atoms with E-state index in [0.29, 0.717) is 5.41 Å². The Kier molecular flexibility index (Phi) is 3.74. The lowest BCUT2D eigenvalue weighted by molar-refractivity contribution is 0.196. The van der Waals surface area contributed by atoms with Gasteiger partial charge in [0, 0.05) is 18.6 Å². The molecule has 1 aromatic rings. The molecule has 0 spiro atoms. The van der Waals surface area contributed by atoms with Crippen LogP contribution >= 0.6 is 0 Å². The van der Waals surface area contributed by atoms with E-state index in [1.807, 2.05) is 13.0 Å². The number of benzene rings is 1. The van der Waals surface area contributed by atoms with E-state index in [2.05, 4.69) is 18.7 Å². The van der Waals surface area contributed by atoms with Crippen LogP contribution < -0.4 is 5.73 Å². The maximum atomic E-state index is 13.4. The van der Waals surface area contributed by atoms with Crippen LogP contribution in [0.3, 0.4) is 0 Å². The van der Waals surface area contributed by atoms with Crippen molar-refractivity contribution in [3.63, 3.8) is 0 Å². The maximum Gasteiger partial charge on any atom is 0.123 e. The zero-order valence-corrected chi connectivity index (χ0v) is 11.5. The molecule has 18 heavy (non-hydrogen) atoms. The summed E-state index contributed by atoms with van der Waals surface area (Å²) in [5.41, 5.74) is 7.45. The molecule has 0 amide bonds. The summed E-state index contributed by atoms with van der Waals surface area (Å²) in [5, 5.41) is 0. The highest BCUT2D eigenvalue weighted by atomic mass is 19.1. The van der Waals surface area contributed by atoms with Crippen LogP contribution in [-0.4, -0.2) is 24.0 Å². The van der Waals surface area contributed by atoms with Gasteiger partial charge in [-0.05, 0) is 43.0 Å². The van der Waals surface area contributed by atoms with Gasteiger partial charge in [-0.3, -0.25) is 4.90 Å². The van der Waals surface area contributed by atoms with Gasteiger partial charge in [-0.25, -0.2) is 4.39 Å². The third kappa shape index (κ3) is 2.90. The Balaban J connectivity index is 2.24. The molecule has 3 heteroatoms. The van der Waals surface area contributed by atoms with Gasteiger partial charge in [0.25, 0.3) is 0 Å². The van der Waals surface area contributed by atoms with Gasteiger partial charge in [0.1, 0.15) is 5.82 Å². The molecule has 2 rings (SSSR count). The number of nitrogens with zero attached hydrogens (tertiary/aromatic N) is 1. The summed E-state index contributed by atoms with van der Waals surface area (Å²) in [4.78, 5) is 2.39. The molecule has 1 aromatic carbocycles. The van der Waals surface area contributed by atoms with Gasteiger partial charge in [0.15, 0.2) is 0 Å². The highest BCUT2D eigenvalue weighted by Crippen LogP contribution is 2.35. The average Bonchev–Trinajstić information content (AvgIpc) is 2.58. The van der Waals surface area contributed by atoms with E-state index in [1.54, 1.807) is 12.1 Å².